The summed E-state index contributed by atoms with van der Waals surface area (Å²) in [6.07, 6.45) is 0.979. The van der Waals surface area contributed by atoms with Crippen LogP contribution in [0.3, 0.4) is 0 Å². The highest BCUT2D eigenvalue weighted by atomic mass is 35.5. The number of nitrogens with one attached hydrogen (secondary N) is 1. The minimum Gasteiger partial charge on any atom is -0.381 e. The maximum Gasteiger partial charge on any atom is 0.251 e. The molecule has 0 radical (unpaired) electrons. The predicted octanol–water partition coefficient (Wildman–Crippen LogP) is 2.98. The molecule has 25 heavy (non-hydrogen) atoms. The highest BCUT2D eigenvalue weighted by Crippen LogP contribution is 2.16. The average molecular weight is 367 g/mol. The Labute approximate surface area is 154 Å². The van der Waals surface area contributed by atoms with Gasteiger partial charge in [0.15, 0.2) is 0 Å². The van der Waals surface area contributed by atoms with Gasteiger partial charge in [-0.2, -0.15) is 0 Å². The van der Waals surface area contributed by atoms with E-state index in [1.54, 1.807) is 24.3 Å². The Balaban J connectivity index is 2.05. The summed E-state index contributed by atoms with van der Waals surface area (Å²) in [4.78, 5) is 27.3. The van der Waals surface area contributed by atoms with Crippen molar-refractivity contribution in [3.05, 3.63) is 34.9 Å². The maximum atomic E-state index is 13.0. The number of amides is 2. The summed E-state index contributed by atoms with van der Waals surface area (Å²) in [6, 6.07) is 6.10. The standard InChI is InChI=1S/C19H27ClN2O3/c1-4-22(11-14-9-10-25-12-14)19(24)17(13(2)3)21-18(23)15-5-7-16(20)8-6-15/h5-8,13-14,17H,4,9-12H2,1-3H3,(H,21,23)/t14-,17-/m0/s1. The second-order valence-electron chi connectivity index (χ2n) is 6.81. The van der Waals surface area contributed by atoms with Crippen LogP contribution in [0.15, 0.2) is 24.3 Å². The van der Waals surface area contributed by atoms with E-state index in [1.807, 2.05) is 25.7 Å². The van der Waals surface area contributed by atoms with E-state index >= 15 is 0 Å². The lowest BCUT2D eigenvalue weighted by atomic mass is 10.0. The number of hydrogen-bond acceptors (Lipinski definition) is 3. The van der Waals surface area contributed by atoms with E-state index < -0.39 is 6.04 Å². The predicted molar refractivity (Wildman–Crippen MR) is 98.7 cm³/mol. The van der Waals surface area contributed by atoms with Crippen LogP contribution in [-0.2, 0) is 9.53 Å². The van der Waals surface area contributed by atoms with Crippen molar-refractivity contribution in [1.82, 2.24) is 10.2 Å². The molecular formula is C19H27ClN2O3. The van der Waals surface area contributed by atoms with Crippen molar-refractivity contribution in [3.8, 4) is 0 Å². The van der Waals surface area contributed by atoms with Gasteiger partial charge in [0.25, 0.3) is 5.91 Å². The summed E-state index contributed by atoms with van der Waals surface area (Å²) >= 11 is 5.86. The van der Waals surface area contributed by atoms with Crippen molar-refractivity contribution < 1.29 is 14.3 Å². The molecular weight excluding hydrogens is 340 g/mol. The van der Waals surface area contributed by atoms with Crippen molar-refractivity contribution in [2.75, 3.05) is 26.3 Å². The van der Waals surface area contributed by atoms with Gasteiger partial charge in [-0.1, -0.05) is 25.4 Å². The Hall–Kier alpha value is -1.59. The molecule has 1 N–H and O–H groups in total. The van der Waals surface area contributed by atoms with Crippen molar-refractivity contribution in [3.63, 3.8) is 0 Å². The molecule has 1 aliphatic heterocycles. The molecule has 1 fully saturated rings. The van der Waals surface area contributed by atoms with Crippen LogP contribution in [0.1, 0.15) is 37.6 Å². The van der Waals surface area contributed by atoms with Gasteiger partial charge >= 0.3 is 0 Å². The molecule has 2 rings (SSSR count). The lowest BCUT2D eigenvalue weighted by Crippen LogP contribution is -2.52. The SMILES string of the molecule is CCN(C[C@@H]1CCOC1)C(=O)[C@@H](NC(=O)c1ccc(Cl)cc1)C(C)C. The fourth-order valence-corrected chi connectivity index (χ4v) is 3.08. The van der Waals surface area contributed by atoms with Gasteiger partial charge < -0.3 is 15.0 Å². The van der Waals surface area contributed by atoms with Crippen molar-refractivity contribution in [2.24, 2.45) is 11.8 Å². The van der Waals surface area contributed by atoms with Crippen LogP contribution in [-0.4, -0.2) is 49.1 Å². The lowest BCUT2D eigenvalue weighted by molar-refractivity contribution is -0.134. The number of carbonyl (C=O) groups is 2. The number of carbonyl (C=O) groups excluding carboxylic acids is 2. The Morgan fingerprint density at radius 2 is 2.00 bits per heavy atom. The van der Waals surface area contributed by atoms with Crippen LogP contribution in [0.2, 0.25) is 5.02 Å². The highest BCUT2D eigenvalue weighted by Gasteiger charge is 2.30. The third-order valence-corrected chi connectivity index (χ3v) is 4.77. The number of benzene rings is 1. The van der Waals surface area contributed by atoms with Gasteiger partial charge in [-0.15, -0.1) is 0 Å². The molecule has 1 heterocycles. The first kappa shape index (κ1) is 19.7. The van der Waals surface area contributed by atoms with E-state index in [2.05, 4.69) is 5.32 Å². The van der Waals surface area contributed by atoms with Crippen LogP contribution in [0, 0.1) is 11.8 Å². The van der Waals surface area contributed by atoms with E-state index in [1.165, 1.54) is 0 Å². The zero-order chi connectivity index (χ0) is 18.4. The second-order valence-corrected chi connectivity index (χ2v) is 7.24. The molecule has 1 aromatic carbocycles. The molecule has 6 heteroatoms. The second kappa shape index (κ2) is 9.20. The molecule has 0 aromatic heterocycles. The average Bonchev–Trinajstić information content (AvgIpc) is 3.10. The summed E-state index contributed by atoms with van der Waals surface area (Å²) in [5, 5.41) is 3.46. The van der Waals surface area contributed by atoms with Gasteiger partial charge in [-0.25, -0.2) is 0 Å². The third-order valence-electron chi connectivity index (χ3n) is 4.52. The fourth-order valence-electron chi connectivity index (χ4n) is 2.95. The van der Waals surface area contributed by atoms with E-state index in [0.717, 1.165) is 13.0 Å². The van der Waals surface area contributed by atoms with Crippen molar-refractivity contribution in [2.45, 2.75) is 33.2 Å². The zero-order valence-electron chi connectivity index (χ0n) is 15.1. The Kier molecular flexibility index (Phi) is 7.26. The van der Waals surface area contributed by atoms with Crippen LogP contribution in [0.5, 0.6) is 0 Å². The van der Waals surface area contributed by atoms with E-state index in [4.69, 9.17) is 16.3 Å². The zero-order valence-corrected chi connectivity index (χ0v) is 15.9. The Bertz CT molecular complexity index is 583. The van der Waals surface area contributed by atoms with E-state index in [0.29, 0.717) is 36.2 Å². The molecule has 0 aliphatic carbocycles. The lowest BCUT2D eigenvalue weighted by Gasteiger charge is -2.30. The van der Waals surface area contributed by atoms with Gasteiger partial charge in [0.05, 0.1) is 6.61 Å². The maximum absolute atomic E-state index is 13.0. The molecule has 138 valence electrons. The minimum absolute atomic E-state index is 0.00220. The summed E-state index contributed by atoms with van der Waals surface area (Å²) < 4.78 is 5.40. The number of likely N-dealkylation sites (N-methyl/N-ethyl adjacent to an activating group) is 1. The topological polar surface area (TPSA) is 58.6 Å². The van der Waals surface area contributed by atoms with Gasteiger partial charge in [0.2, 0.25) is 5.91 Å². The molecule has 5 nitrogen and oxygen atoms in total. The number of ether oxygens (including phenoxy) is 1. The van der Waals surface area contributed by atoms with Crippen molar-refractivity contribution >= 4 is 23.4 Å². The fraction of sp³-hybridized carbons (Fsp3) is 0.579. The van der Waals surface area contributed by atoms with Crippen LogP contribution in [0.4, 0.5) is 0 Å². The number of hydrogen-bond donors (Lipinski definition) is 1. The van der Waals surface area contributed by atoms with Crippen LogP contribution >= 0.6 is 11.6 Å². The number of rotatable bonds is 7. The summed E-state index contributed by atoms with van der Waals surface area (Å²) in [7, 11) is 0. The van der Waals surface area contributed by atoms with Gasteiger partial charge in [0.1, 0.15) is 6.04 Å². The molecule has 1 aliphatic rings. The largest absolute Gasteiger partial charge is 0.381 e. The van der Waals surface area contributed by atoms with E-state index in [9.17, 15) is 9.59 Å². The van der Waals surface area contributed by atoms with Crippen LogP contribution in [0.25, 0.3) is 0 Å². The van der Waals surface area contributed by atoms with Gasteiger partial charge in [-0.05, 0) is 43.5 Å². The quantitative estimate of drug-likeness (QED) is 0.807. The smallest absolute Gasteiger partial charge is 0.251 e. The molecule has 2 atom stereocenters. The molecule has 0 bridgehead atoms. The molecule has 2 amide bonds. The van der Waals surface area contributed by atoms with Crippen LogP contribution < -0.4 is 5.32 Å². The van der Waals surface area contributed by atoms with Crippen molar-refractivity contribution in [1.29, 1.82) is 0 Å². The number of nitrogens with zero attached hydrogens (tertiary/aromatic N) is 1. The van der Waals surface area contributed by atoms with Gasteiger partial charge in [0, 0.05) is 36.2 Å². The first-order valence-electron chi connectivity index (χ1n) is 8.85. The monoisotopic (exact) mass is 366 g/mol. The van der Waals surface area contributed by atoms with Gasteiger partial charge in [-0.3, -0.25) is 9.59 Å². The third kappa shape index (κ3) is 5.44. The first-order valence-corrected chi connectivity index (χ1v) is 9.23. The number of halogens is 1. The molecule has 0 saturated carbocycles. The minimum atomic E-state index is -0.551. The van der Waals surface area contributed by atoms with E-state index in [-0.39, 0.29) is 17.7 Å². The Morgan fingerprint density at radius 1 is 1.32 bits per heavy atom. The summed E-state index contributed by atoms with van der Waals surface area (Å²) in [6.45, 7) is 8.61. The molecule has 1 saturated heterocycles. The molecule has 0 spiro atoms. The Morgan fingerprint density at radius 3 is 2.52 bits per heavy atom. The summed E-state index contributed by atoms with van der Waals surface area (Å²) in [5.41, 5.74) is 0.495. The highest BCUT2D eigenvalue weighted by molar-refractivity contribution is 6.30. The first-order chi connectivity index (χ1) is 11.9. The summed E-state index contributed by atoms with van der Waals surface area (Å²) in [5.74, 6) is 0.0805. The molecule has 0 unspecified atom stereocenters. The normalized spacial score (nSPS) is 18.2. The molecule has 1 aromatic rings.